The Morgan fingerprint density at radius 1 is 1.40 bits per heavy atom. The highest BCUT2D eigenvalue weighted by atomic mass is 16.2. The van der Waals surface area contributed by atoms with Crippen molar-refractivity contribution in [1.29, 1.82) is 0 Å². The van der Waals surface area contributed by atoms with E-state index < -0.39 is 0 Å². The van der Waals surface area contributed by atoms with Crippen LogP contribution in [0.1, 0.15) is 29.8 Å². The Morgan fingerprint density at radius 2 is 2.07 bits per heavy atom. The number of benzene rings is 1. The van der Waals surface area contributed by atoms with Crippen molar-refractivity contribution < 1.29 is 4.79 Å². The highest BCUT2D eigenvalue weighted by molar-refractivity contribution is 6.32. The van der Waals surface area contributed by atoms with Crippen LogP contribution in [0.25, 0.3) is 0 Å². The predicted molar refractivity (Wildman–Crippen MR) is 61.8 cm³/mol. The van der Waals surface area contributed by atoms with Gasteiger partial charge in [-0.2, -0.15) is 0 Å². The number of nitrogens with zero attached hydrogens (tertiary/aromatic N) is 1. The minimum atomic E-state index is 0.00565. The van der Waals surface area contributed by atoms with Crippen LogP contribution in [0.4, 0.5) is 0 Å². The zero-order valence-corrected chi connectivity index (χ0v) is 9.37. The molecule has 0 unspecified atom stereocenters. The molecule has 0 saturated heterocycles. The monoisotopic (exact) mass is 199 g/mol. The van der Waals surface area contributed by atoms with Crippen LogP contribution < -0.4 is 5.46 Å². The summed E-state index contributed by atoms with van der Waals surface area (Å²) in [5, 5.41) is 0. The standard InChI is InChI=1S/C12H14BNO/c1-12(2)7-14(3)11(15)9-6-8(13)4-5-10(9)12/h4-6H,7H2,1-3H3. The quantitative estimate of drug-likeness (QED) is 0.567. The van der Waals surface area contributed by atoms with Gasteiger partial charge in [0.2, 0.25) is 0 Å². The number of carbonyl (C=O) groups is 1. The van der Waals surface area contributed by atoms with Crippen molar-refractivity contribution in [3.63, 3.8) is 0 Å². The van der Waals surface area contributed by atoms with E-state index in [1.807, 2.05) is 19.2 Å². The second-order valence-electron chi connectivity index (χ2n) is 4.85. The maximum Gasteiger partial charge on any atom is 0.253 e. The van der Waals surface area contributed by atoms with Crippen LogP contribution in [0.2, 0.25) is 0 Å². The second kappa shape index (κ2) is 3.12. The van der Waals surface area contributed by atoms with Crippen LogP contribution >= 0.6 is 0 Å². The molecule has 0 bridgehead atoms. The van der Waals surface area contributed by atoms with E-state index in [2.05, 4.69) is 13.8 Å². The van der Waals surface area contributed by atoms with Gasteiger partial charge in [-0.05, 0) is 5.56 Å². The third-order valence-electron chi connectivity index (χ3n) is 2.98. The molecule has 1 aliphatic heterocycles. The number of fused-ring (bicyclic) bond motifs is 1. The fraction of sp³-hybridized carbons (Fsp3) is 0.417. The zero-order chi connectivity index (χ0) is 11.2. The number of hydrogen-bond acceptors (Lipinski definition) is 1. The first-order valence-corrected chi connectivity index (χ1v) is 5.07. The average molecular weight is 199 g/mol. The van der Waals surface area contributed by atoms with E-state index in [0.29, 0.717) is 5.46 Å². The van der Waals surface area contributed by atoms with Gasteiger partial charge in [-0.3, -0.25) is 4.79 Å². The number of amides is 1. The molecule has 76 valence electrons. The molecule has 1 aliphatic rings. The topological polar surface area (TPSA) is 20.3 Å². The van der Waals surface area contributed by atoms with Gasteiger partial charge in [0.1, 0.15) is 7.85 Å². The van der Waals surface area contributed by atoms with E-state index in [1.54, 1.807) is 11.0 Å². The van der Waals surface area contributed by atoms with E-state index in [0.717, 1.165) is 17.7 Å². The van der Waals surface area contributed by atoms with Crippen LogP contribution in [0, 0.1) is 0 Å². The van der Waals surface area contributed by atoms with E-state index in [1.165, 1.54) is 0 Å². The molecule has 1 aromatic rings. The number of carbonyl (C=O) groups excluding carboxylic acids is 1. The van der Waals surface area contributed by atoms with E-state index in [9.17, 15) is 4.79 Å². The van der Waals surface area contributed by atoms with Crippen LogP contribution in [0.5, 0.6) is 0 Å². The number of rotatable bonds is 0. The molecular formula is C12H14BNO. The molecule has 0 N–H and O–H groups in total. The average Bonchev–Trinajstić information content (AvgIpc) is 2.13. The maximum absolute atomic E-state index is 11.9. The zero-order valence-electron chi connectivity index (χ0n) is 9.37. The molecule has 0 aromatic heterocycles. The van der Waals surface area contributed by atoms with Crippen molar-refractivity contribution in [3.8, 4) is 0 Å². The van der Waals surface area contributed by atoms with Gasteiger partial charge in [-0.1, -0.05) is 37.5 Å². The minimum Gasteiger partial charge on any atom is -0.341 e. The lowest BCUT2D eigenvalue weighted by Crippen LogP contribution is -2.45. The third kappa shape index (κ3) is 1.56. The molecule has 0 atom stereocenters. The van der Waals surface area contributed by atoms with Crippen LogP contribution in [0.15, 0.2) is 18.2 Å². The van der Waals surface area contributed by atoms with Gasteiger partial charge >= 0.3 is 0 Å². The van der Waals surface area contributed by atoms with E-state index in [-0.39, 0.29) is 11.3 Å². The molecule has 1 aromatic carbocycles. The molecule has 0 saturated carbocycles. The summed E-state index contributed by atoms with van der Waals surface area (Å²) in [4.78, 5) is 13.7. The highest BCUT2D eigenvalue weighted by Crippen LogP contribution is 2.31. The Hall–Kier alpha value is -1.25. The Balaban J connectivity index is 2.64. The molecule has 15 heavy (non-hydrogen) atoms. The smallest absolute Gasteiger partial charge is 0.253 e. The maximum atomic E-state index is 11.9. The van der Waals surface area contributed by atoms with Gasteiger partial charge in [0, 0.05) is 24.6 Å². The van der Waals surface area contributed by atoms with Crippen molar-refractivity contribution in [2.45, 2.75) is 19.3 Å². The summed E-state index contributed by atoms with van der Waals surface area (Å²) in [6.45, 7) is 5.04. The molecule has 0 fully saturated rings. The second-order valence-corrected chi connectivity index (χ2v) is 4.85. The Bertz CT molecular complexity index is 426. The lowest BCUT2D eigenvalue weighted by atomic mass is 9.76. The van der Waals surface area contributed by atoms with Crippen molar-refractivity contribution >= 4 is 19.2 Å². The summed E-state index contributed by atoms with van der Waals surface area (Å²) in [7, 11) is 7.54. The first-order valence-electron chi connectivity index (χ1n) is 5.07. The van der Waals surface area contributed by atoms with Gasteiger partial charge in [0.15, 0.2) is 0 Å². The SMILES string of the molecule is [B]c1ccc2c(c1)C(=O)N(C)CC2(C)C. The Morgan fingerprint density at radius 3 is 2.73 bits per heavy atom. The Labute approximate surface area is 91.7 Å². The molecule has 1 heterocycles. The number of hydrogen-bond donors (Lipinski definition) is 0. The molecule has 1 amide bonds. The number of likely N-dealkylation sites (N-methyl/N-ethyl adjacent to an activating group) is 1. The summed E-state index contributed by atoms with van der Waals surface area (Å²) >= 11 is 0. The fourth-order valence-electron chi connectivity index (χ4n) is 2.28. The van der Waals surface area contributed by atoms with Gasteiger partial charge in [0.25, 0.3) is 5.91 Å². The van der Waals surface area contributed by atoms with Crippen LogP contribution in [-0.4, -0.2) is 32.2 Å². The lowest BCUT2D eigenvalue weighted by molar-refractivity contribution is 0.0737. The molecular weight excluding hydrogens is 185 g/mol. The summed E-state index contributed by atoms with van der Waals surface area (Å²) < 4.78 is 0. The molecule has 2 rings (SSSR count). The first kappa shape index (κ1) is 10.3. The summed E-state index contributed by atoms with van der Waals surface area (Å²) in [6.07, 6.45) is 0. The van der Waals surface area contributed by atoms with Crippen molar-refractivity contribution in [3.05, 3.63) is 29.3 Å². The molecule has 0 spiro atoms. The lowest BCUT2D eigenvalue weighted by Gasteiger charge is -2.37. The van der Waals surface area contributed by atoms with Crippen LogP contribution in [0.3, 0.4) is 0 Å². The largest absolute Gasteiger partial charge is 0.341 e. The molecule has 3 heteroatoms. The van der Waals surface area contributed by atoms with Crippen molar-refractivity contribution in [1.82, 2.24) is 4.90 Å². The molecule has 0 aliphatic carbocycles. The fourth-order valence-corrected chi connectivity index (χ4v) is 2.28. The minimum absolute atomic E-state index is 0.00565. The van der Waals surface area contributed by atoms with Crippen molar-refractivity contribution in [2.75, 3.05) is 13.6 Å². The molecule has 2 radical (unpaired) electrons. The highest BCUT2D eigenvalue weighted by Gasteiger charge is 2.34. The van der Waals surface area contributed by atoms with E-state index in [4.69, 9.17) is 7.85 Å². The van der Waals surface area contributed by atoms with Crippen LogP contribution in [-0.2, 0) is 5.41 Å². The van der Waals surface area contributed by atoms with Gasteiger partial charge in [0.05, 0.1) is 0 Å². The normalized spacial score (nSPS) is 18.9. The predicted octanol–water partition coefficient (Wildman–Crippen LogP) is 0.844. The summed E-state index contributed by atoms with van der Waals surface area (Å²) in [6, 6.07) is 5.60. The summed E-state index contributed by atoms with van der Waals surface area (Å²) in [5.41, 5.74) is 2.49. The van der Waals surface area contributed by atoms with E-state index >= 15 is 0 Å². The molecule has 2 nitrogen and oxygen atoms in total. The first-order chi connectivity index (χ1) is 6.92. The third-order valence-corrected chi connectivity index (χ3v) is 2.98. The Kier molecular flexibility index (Phi) is 2.14. The van der Waals surface area contributed by atoms with Gasteiger partial charge in [-0.15, -0.1) is 0 Å². The van der Waals surface area contributed by atoms with Crippen molar-refractivity contribution in [2.24, 2.45) is 0 Å². The van der Waals surface area contributed by atoms with Gasteiger partial charge in [-0.25, -0.2) is 0 Å². The van der Waals surface area contributed by atoms with Gasteiger partial charge < -0.3 is 4.90 Å². The summed E-state index contributed by atoms with van der Waals surface area (Å²) in [5.74, 6) is 0.0663.